The molecule has 1 amide bonds. The summed E-state index contributed by atoms with van der Waals surface area (Å²) >= 11 is 3.47. The molecular weight excluding hydrogens is 482 g/mol. The highest BCUT2D eigenvalue weighted by molar-refractivity contribution is 9.10. The maximum Gasteiger partial charge on any atom is 0.305 e. The summed E-state index contributed by atoms with van der Waals surface area (Å²) in [5.41, 5.74) is 3.31. The van der Waals surface area contributed by atoms with Gasteiger partial charge in [0, 0.05) is 36.0 Å². The van der Waals surface area contributed by atoms with Crippen LogP contribution in [0.25, 0.3) is 0 Å². The first-order valence-corrected chi connectivity index (χ1v) is 11.7. The minimum Gasteiger partial charge on any atom is -0.487 e. The number of ether oxygens (including phenoxy) is 1. The third-order valence-corrected chi connectivity index (χ3v) is 6.35. The summed E-state index contributed by atoms with van der Waals surface area (Å²) in [6, 6.07) is 23.3. The fourth-order valence-electron chi connectivity index (χ4n) is 4.26. The van der Waals surface area contributed by atoms with Crippen LogP contribution >= 0.6 is 15.9 Å². The molecule has 0 saturated heterocycles. The monoisotopic (exact) mass is 507 g/mol. The second-order valence-electron chi connectivity index (χ2n) is 8.71. The van der Waals surface area contributed by atoms with Crippen LogP contribution in [0, 0.1) is 0 Å². The Morgan fingerprint density at radius 2 is 1.76 bits per heavy atom. The van der Waals surface area contributed by atoms with Gasteiger partial charge in [-0.15, -0.1) is 0 Å². The lowest BCUT2D eigenvalue weighted by atomic mass is 9.91. The van der Waals surface area contributed by atoms with Crippen LogP contribution in [0.15, 0.2) is 77.3 Å². The minimum absolute atomic E-state index is 0.0993. The van der Waals surface area contributed by atoms with Crippen LogP contribution in [-0.4, -0.2) is 34.0 Å². The van der Waals surface area contributed by atoms with Gasteiger partial charge in [0.15, 0.2) is 0 Å². The Hall–Kier alpha value is -3.12. The second-order valence-corrected chi connectivity index (χ2v) is 9.63. The summed E-state index contributed by atoms with van der Waals surface area (Å²) in [7, 11) is 0. The number of carboxylic acids is 1. The van der Waals surface area contributed by atoms with Crippen molar-refractivity contribution in [2.75, 3.05) is 6.54 Å². The maximum absolute atomic E-state index is 13.3. The summed E-state index contributed by atoms with van der Waals surface area (Å²) in [6.07, 6.45) is 1.36. The Labute approximate surface area is 202 Å². The van der Waals surface area contributed by atoms with Gasteiger partial charge < -0.3 is 14.7 Å². The quantitative estimate of drug-likeness (QED) is 0.436. The average Bonchev–Trinajstić information content (AvgIpc) is 3.13. The standard InChI is InChI=1S/C27H26BrNO4/c1-27(16-19-7-10-23(28)11-8-19)17-22-15-21(9-12-24(22)33-27)26(32)29(14-13-25(30)31)18-20-5-3-2-4-6-20/h2-12,15H,13-14,16-18H2,1H3,(H,30,31)/t27-/m0/s1. The fourth-order valence-corrected chi connectivity index (χ4v) is 4.52. The van der Waals surface area contributed by atoms with Gasteiger partial charge in [0.05, 0.1) is 6.42 Å². The highest BCUT2D eigenvalue weighted by atomic mass is 79.9. The fraction of sp³-hybridized carbons (Fsp3) is 0.259. The first-order valence-electron chi connectivity index (χ1n) is 10.9. The van der Waals surface area contributed by atoms with E-state index in [1.165, 1.54) is 5.56 Å². The third kappa shape index (κ3) is 5.82. The van der Waals surface area contributed by atoms with Gasteiger partial charge in [-0.3, -0.25) is 9.59 Å². The molecule has 1 heterocycles. The van der Waals surface area contributed by atoms with Gasteiger partial charge in [-0.25, -0.2) is 0 Å². The number of hydrogen-bond acceptors (Lipinski definition) is 3. The molecule has 6 heteroatoms. The van der Waals surface area contributed by atoms with Crippen molar-refractivity contribution in [3.63, 3.8) is 0 Å². The number of nitrogens with zero attached hydrogens (tertiary/aromatic N) is 1. The van der Waals surface area contributed by atoms with Crippen molar-refractivity contribution < 1.29 is 19.4 Å². The number of amides is 1. The molecule has 3 aromatic carbocycles. The van der Waals surface area contributed by atoms with Crippen molar-refractivity contribution in [3.05, 3.63) is 99.5 Å². The molecule has 0 fully saturated rings. The number of benzene rings is 3. The van der Waals surface area contributed by atoms with Crippen LogP contribution < -0.4 is 4.74 Å². The molecule has 3 aromatic rings. The highest BCUT2D eigenvalue weighted by Crippen LogP contribution is 2.37. The molecule has 1 aliphatic heterocycles. The van der Waals surface area contributed by atoms with Gasteiger partial charge in [-0.1, -0.05) is 58.4 Å². The largest absolute Gasteiger partial charge is 0.487 e. The lowest BCUT2D eigenvalue weighted by Crippen LogP contribution is -2.33. The van der Waals surface area contributed by atoms with E-state index in [0.29, 0.717) is 18.5 Å². The Balaban J connectivity index is 1.51. The smallest absolute Gasteiger partial charge is 0.305 e. The Morgan fingerprint density at radius 1 is 1.03 bits per heavy atom. The molecule has 33 heavy (non-hydrogen) atoms. The van der Waals surface area contributed by atoms with Gasteiger partial charge in [-0.2, -0.15) is 0 Å². The van der Waals surface area contributed by atoms with E-state index in [1.807, 2.05) is 54.6 Å². The van der Waals surface area contributed by atoms with E-state index in [0.717, 1.165) is 27.8 Å². The zero-order chi connectivity index (χ0) is 23.4. The molecule has 0 aliphatic carbocycles. The molecule has 1 atom stereocenters. The highest BCUT2D eigenvalue weighted by Gasteiger charge is 2.35. The molecule has 0 spiro atoms. The summed E-state index contributed by atoms with van der Waals surface area (Å²) in [6.45, 7) is 2.60. The Morgan fingerprint density at radius 3 is 2.45 bits per heavy atom. The summed E-state index contributed by atoms with van der Waals surface area (Å²) < 4.78 is 7.32. The first-order chi connectivity index (χ1) is 15.8. The number of carbonyl (C=O) groups excluding carboxylic acids is 1. The summed E-state index contributed by atoms with van der Waals surface area (Å²) in [5.74, 6) is -0.303. The van der Waals surface area contributed by atoms with E-state index < -0.39 is 5.97 Å². The molecular formula is C27H26BrNO4. The zero-order valence-corrected chi connectivity index (χ0v) is 20.0. The number of carboxylic acid groups (broad SMARTS) is 1. The van der Waals surface area contributed by atoms with Gasteiger partial charge in [-0.05, 0) is 53.9 Å². The maximum atomic E-state index is 13.3. The minimum atomic E-state index is -0.924. The zero-order valence-electron chi connectivity index (χ0n) is 18.5. The lowest BCUT2D eigenvalue weighted by Gasteiger charge is -2.24. The molecule has 0 radical (unpaired) electrons. The van der Waals surface area contributed by atoms with E-state index in [9.17, 15) is 9.59 Å². The number of rotatable bonds is 8. The van der Waals surface area contributed by atoms with E-state index >= 15 is 0 Å². The van der Waals surface area contributed by atoms with Crippen LogP contribution in [0.3, 0.4) is 0 Å². The molecule has 0 unspecified atom stereocenters. The van der Waals surface area contributed by atoms with Gasteiger partial charge in [0.2, 0.25) is 0 Å². The van der Waals surface area contributed by atoms with Crippen molar-refractivity contribution in [2.24, 2.45) is 0 Å². The molecule has 5 nitrogen and oxygen atoms in total. The van der Waals surface area contributed by atoms with Crippen LogP contribution in [-0.2, 0) is 24.2 Å². The van der Waals surface area contributed by atoms with E-state index in [1.54, 1.807) is 11.0 Å². The number of halogens is 1. The van der Waals surface area contributed by atoms with Crippen LogP contribution in [0.4, 0.5) is 0 Å². The molecule has 4 rings (SSSR count). The molecule has 0 aromatic heterocycles. The third-order valence-electron chi connectivity index (χ3n) is 5.82. The van der Waals surface area contributed by atoms with Gasteiger partial charge in [0.25, 0.3) is 5.91 Å². The van der Waals surface area contributed by atoms with E-state index in [-0.39, 0.29) is 24.5 Å². The predicted molar refractivity (Wildman–Crippen MR) is 130 cm³/mol. The molecule has 0 bridgehead atoms. The van der Waals surface area contributed by atoms with Crippen LogP contribution in [0.2, 0.25) is 0 Å². The number of fused-ring (bicyclic) bond motifs is 1. The van der Waals surface area contributed by atoms with Crippen LogP contribution in [0.1, 0.15) is 40.4 Å². The number of hydrogen-bond donors (Lipinski definition) is 1. The van der Waals surface area contributed by atoms with Gasteiger partial charge in [0.1, 0.15) is 11.4 Å². The van der Waals surface area contributed by atoms with Crippen molar-refractivity contribution in [1.29, 1.82) is 0 Å². The van der Waals surface area contributed by atoms with Crippen molar-refractivity contribution >= 4 is 27.8 Å². The molecule has 170 valence electrons. The van der Waals surface area contributed by atoms with E-state index in [4.69, 9.17) is 9.84 Å². The average molecular weight is 508 g/mol. The van der Waals surface area contributed by atoms with Crippen LogP contribution in [0.5, 0.6) is 5.75 Å². The Bertz CT molecular complexity index is 1150. The van der Waals surface area contributed by atoms with Crippen molar-refractivity contribution in [2.45, 2.75) is 38.3 Å². The van der Waals surface area contributed by atoms with Gasteiger partial charge >= 0.3 is 5.97 Å². The van der Waals surface area contributed by atoms with Crippen molar-refractivity contribution in [3.8, 4) is 5.75 Å². The lowest BCUT2D eigenvalue weighted by molar-refractivity contribution is -0.137. The molecule has 1 N–H and O–H groups in total. The first kappa shape index (κ1) is 23.1. The SMILES string of the molecule is C[C@]1(Cc2ccc(Br)cc2)Cc2cc(C(=O)N(CCC(=O)O)Cc3ccccc3)ccc2O1. The molecule has 0 saturated carbocycles. The predicted octanol–water partition coefficient (Wildman–Crippen LogP) is 5.50. The van der Waals surface area contributed by atoms with Crippen molar-refractivity contribution in [1.82, 2.24) is 4.90 Å². The number of carbonyl (C=O) groups is 2. The van der Waals surface area contributed by atoms with E-state index in [2.05, 4.69) is 35.0 Å². The second kappa shape index (κ2) is 9.79. The molecule has 1 aliphatic rings. The normalized spacial score (nSPS) is 16.7. The summed E-state index contributed by atoms with van der Waals surface area (Å²) in [5, 5.41) is 9.14. The number of aliphatic carboxylic acids is 1. The topological polar surface area (TPSA) is 66.8 Å². The summed E-state index contributed by atoms with van der Waals surface area (Å²) in [4.78, 5) is 26.1. The Kier molecular flexibility index (Phi) is 6.84.